The number of hydrogen-bond acceptors (Lipinski definition) is 1. The van der Waals surface area contributed by atoms with E-state index in [-0.39, 0.29) is 35.8 Å². The van der Waals surface area contributed by atoms with E-state index in [1.54, 1.807) is 6.07 Å². The Hall–Kier alpha value is -0.370. The zero-order chi connectivity index (χ0) is 13.5. The summed E-state index contributed by atoms with van der Waals surface area (Å²) in [7, 11) is 0. The summed E-state index contributed by atoms with van der Waals surface area (Å²) in [4.78, 5) is 4.35. The van der Waals surface area contributed by atoms with Crippen molar-refractivity contribution in [3.63, 3.8) is 0 Å². The Morgan fingerprint density at radius 2 is 2.11 bits per heavy atom. The van der Waals surface area contributed by atoms with Crippen LogP contribution >= 0.6 is 39.9 Å². The summed E-state index contributed by atoms with van der Waals surface area (Å²) in [5.74, 6) is 0.461. The van der Waals surface area contributed by atoms with Gasteiger partial charge in [-0.2, -0.15) is 0 Å². The van der Waals surface area contributed by atoms with E-state index < -0.39 is 0 Å². The predicted octanol–water partition coefficient (Wildman–Crippen LogP) is 3.67. The van der Waals surface area contributed by atoms with Crippen LogP contribution in [0.15, 0.2) is 27.7 Å². The zero-order valence-electron chi connectivity index (χ0n) is 11.3. The first-order valence-corrected chi connectivity index (χ1v) is 6.81. The molecule has 0 fully saturated rings. The van der Waals surface area contributed by atoms with E-state index in [1.807, 2.05) is 26.8 Å². The van der Waals surface area contributed by atoms with Crippen LogP contribution in [0.3, 0.4) is 0 Å². The first-order valence-electron chi connectivity index (χ1n) is 6.01. The molecule has 0 spiro atoms. The summed E-state index contributed by atoms with van der Waals surface area (Å²) >= 11 is 3.23. The number of halogens is 3. The topological polar surface area (TPSA) is 36.4 Å². The average molecular weight is 444 g/mol. The van der Waals surface area contributed by atoms with E-state index in [0.717, 1.165) is 11.0 Å². The van der Waals surface area contributed by atoms with Gasteiger partial charge >= 0.3 is 0 Å². The summed E-state index contributed by atoms with van der Waals surface area (Å²) in [6, 6.07) is 5.30. The van der Waals surface area contributed by atoms with Crippen molar-refractivity contribution in [1.29, 1.82) is 0 Å². The van der Waals surface area contributed by atoms with Crippen LogP contribution in [0, 0.1) is 5.82 Å². The fourth-order valence-electron chi connectivity index (χ4n) is 1.41. The van der Waals surface area contributed by atoms with Gasteiger partial charge in [0.1, 0.15) is 5.82 Å². The standard InChI is InChI=1S/C13H19BrFN3.HI/c1-4-16-13(18-9(2)3)17-8-10-5-6-11(14)7-12(10)15;/h5-7,9H,4,8H2,1-3H3,(H2,16,17,18);1H. The molecule has 0 bridgehead atoms. The van der Waals surface area contributed by atoms with Crippen LogP contribution in [-0.2, 0) is 6.54 Å². The molecule has 1 rings (SSSR count). The molecule has 0 aliphatic heterocycles. The van der Waals surface area contributed by atoms with Gasteiger partial charge in [-0.25, -0.2) is 9.38 Å². The number of rotatable bonds is 4. The first kappa shape index (κ1) is 18.6. The van der Waals surface area contributed by atoms with Crippen molar-refractivity contribution in [1.82, 2.24) is 10.6 Å². The van der Waals surface area contributed by atoms with Crippen molar-refractivity contribution in [3.05, 3.63) is 34.1 Å². The van der Waals surface area contributed by atoms with Crippen molar-refractivity contribution in [2.75, 3.05) is 6.54 Å². The molecule has 0 atom stereocenters. The quantitative estimate of drug-likeness (QED) is 0.423. The van der Waals surface area contributed by atoms with Crippen molar-refractivity contribution < 1.29 is 4.39 Å². The molecular formula is C13H20BrFIN3. The molecule has 6 heteroatoms. The maximum atomic E-state index is 13.6. The molecule has 1 aromatic rings. The largest absolute Gasteiger partial charge is 0.357 e. The minimum absolute atomic E-state index is 0. The second kappa shape index (κ2) is 9.52. The van der Waals surface area contributed by atoms with Crippen molar-refractivity contribution in [3.8, 4) is 0 Å². The van der Waals surface area contributed by atoms with Gasteiger partial charge in [-0.05, 0) is 32.9 Å². The molecule has 0 saturated heterocycles. The minimum Gasteiger partial charge on any atom is -0.357 e. The third-order valence-electron chi connectivity index (χ3n) is 2.19. The highest BCUT2D eigenvalue weighted by molar-refractivity contribution is 14.0. The van der Waals surface area contributed by atoms with Gasteiger partial charge in [-0.3, -0.25) is 0 Å². The molecule has 0 unspecified atom stereocenters. The number of nitrogens with zero attached hydrogens (tertiary/aromatic N) is 1. The molecule has 0 aliphatic rings. The molecule has 108 valence electrons. The number of guanidine groups is 1. The molecule has 0 heterocycles. The maximum absolute atomic E-state index is 13.6. The normalized spacial score (nSPS) is 11.2. The third-order valence-corrected chi connectivity index (χ3v) is 2.69. The molecule has 0 radical (unpaired) electrons. The third kappa shape index (κ3) is 7.10. The second-order valence-electron chi connectivity index (χ2n) is 4.23. The van der Waals surface area contributed by atoms with E-state index in [0.29, 0.717) is 18.1 Å². The Morgan fingerprint density at radius 3 is 2.63 bits per heavy atom. The van der Waals surface area contributed by atoms with Crippen molar-refractivity contribution in [2.24, 2.45) is 4.99 Å². The van der Waals surface area contributed by atoms with E-state index in [4.69, 9.17) is 0 Å². The lowest BCUT2D eigenvalue weighted by molar-refractivity contribution is 0.609. The maximum Gasteiger partial charge on any atom is 0.191 e. The molecule has 19 heavy (non-hydrogen) atoms. The van der Waals surface area contributed by atoms with E-state index in [1.165, 1.54) is 6.07 Å². The van der Waals surface area contributed by atoms with Gasteiger partial charge in [0.05, 0.1) is 6.54 Å². The first-order chi connectivity index (χ1) is 8.52. The highest BCUT2D eigenvalue weighted by Crippen LogP contribution is 2.15. The SMILES string of the molecule is CCNC(=NCc1ccc(Br)cc1F)NC(C)C.I. The second-order valence-corrected chi connectivity index (χ2v) is 5.15. The fourth-order valence-corrected chi connectivity index (χ4v) is 1.74. The van der Waals surface area contributed by atoms with Crippen LogP contribution in [0.1, 0.15) is 26.3 Å². The van der Waals surface area contributed by atoms with E-state index >= 15 is 0 Å². The molecular weight excluding hydrogens is 424 g/mol. The van der Waals surface area contributed by atoms with Crippen LogP contribution < -0.4 is 10.6 Å². The average Bonchev–Trinajstić information content (AvgIpc) is 2.27. The Kier molecular flexibility index (Phi) is 9.34. The van der Waals surface area contributed by atoms with Crippen LogP contribution in [-0.4, -0.2) is 18.5 Å². The number of benzene rings is 1. The Morgan fingerprint density at radius 1 is 1.42 bits per heavy atom. The van der Waals surface area contributed by atoms with Crippen molar-refractivity contribution in [2.45, 2.75) is 33.4 Å². The number of nitrogens with one attached hydrogen (secondary N) is 2. The molecule has 0 saturated carbocycles. The molecule has 0 aliphatic carbocycles. The Bertz CT molecular complexity index is 424. The van der Waals surface area contributed by atoms with E-state index in [9.17, 15) is 4.39 Å². The van der Waals surface area contributed by atoms with Gasteiger partial charge in [0, 0.05) is 22.6 Å². The minimum atomic E-state index is -0.242. The summed E-state index contributed by atoms with van der Waals surface area (Å²) in [6.07, 6.45) is 0. The summed E-state index contributed by atoms with van der Waals surface area (Å²) in [6.45, 7) is 7.17. The highest BCUT2D eigenvalue weighted by Gasteiger charge is 2.03. The molecule has 1 aromatic carbocycles. The number of aliphatic imine (C=N–C) groups is 1. The van der Waals surface area contributed by atoms with Crippen LogP contribution in [0.5, 0.6) is 0 Å². The van der Waals surface area contributed by atoms with Gasteiger partial charge in [0.25, 0.3) is 0 Å². The van der Waals surface area contributed by atoms with Gasteiger partial charge in [-0.15, -0.1) is 24.0 Å². The predicted molar refractivity (Wildman–Crippen MR) is 92.6 cm³/mol. The summed E-state index contributed by atoms with van der Waals surface area (Å²) < 4.78 is 14.3. The number of hydrogen-bond donors (Lipinski definition) is 2. The Balaban J connectivity index is 0.00000324. The van der Waals surface area contributed by atoms with Crippen LogP contribution in [0.2, 0.25) is 0 Å². The Labute approximate surface area is 139 Å². The fraction of sp³-hybridized carbons (Fsp3) is 0.462. The van der Waals surface area contributed by atoms with E-state index in [2.05, 4.69) is 31.6 Å². The molecule has 2 N–H and O–H groups in total. The molecule has 3 nitrogen and oxygen atoms in total. The van der Waals surface area contributed by atoms with Crippen LogP contribution in [0.4, 0.5) is 4.39 Å². The van der Waals surface area contributed by atoms with Crippen molar-refractivity contribution >= 4 is 45.9 Å². The lowest BCUT2D eigenvalue weighted by Gasteiger charge is -2.14. The molecule has 0 amide bonds. The molecule has 0 aromatic heterocycles. The highest BCUT2D eigenvalue weighted by atomic mass is 127. The van der Waals surface area contributed by atoms with Gasteiger partial charge < -0.3 is 10.6 Å². The van der Waals surface area contributed by atoms with Crippen LogP contribution in [0.25, 0.3) is 0 Å². The zero-order valence-corrected chi connectivity index (χ0v) is 15.3. The monoisotopic (exact) mass is 443 g/mol. The lowest BCUT2D eigenvalue weighted by Crippen LogP contribution is -2.41. The summed E-state index contributed by atoms with van der Waals surface area (Å²) in [5.41, 5.74) is 0.583. The lowest BCUT2D eigenvalue weighted by atomic mass is 10.2. The van der Waals surface area contributed by atoms with Gasteiger partial charge in [0.2, 0.25) is 0 Å². The van der Waals surface area contributed by atoms with Gasteiger partial charge in [0.15, 0.2) is 5.96 Å². The van der Waals surface area contributed by atoms with Gasteiger partial charge in [-0.1, -0.05) is 22.0 Å². The summed E-state index contributed by atoms with van der Waals surface area (Å²) in [5, 5.41) is 6.31. The smallest absolute Gasteiger partial charge is 0.191 e.